The van der Waals surface area contributed by atoms with Crippen molar-refractivity contribution in [1.29, 1.82) is 0 Å². The molecule has 1 aromatic rings. The average Bonchev–Trinajstić information content (AvgIpc) is 2.35. The summed E-state index contributed by atoms with van der Waals surface area (Å²) in [5.41, 5.74) is 1.66. The van der Waals surface area contributed by atoms with Crippen LogP contribution in [0.1, 0.15) is 28.8 Å². The summed E-state index contributed by atoms with van der Waals surface area (Å²) in [7, 11) is -0.687. The van der Waals surface area contributed by atoms with Crippen molar-refractivity contribution < 1.29 is 9.00 Å². The fraction of sp³-hybridized carbons (Fsp3) is 0.462. The lowest BCUT2D eigenvalue weighted by Gasteiger charge is -2.23. The second kappa shape index (κ2) is 5.97. The maximum Gasteiger partial charge on any atom is 0.251 e. The lowest BCUT2D eigenvalue weighted by Crippen LogP contribution is -2.39. The van der Waals surface area contributed by atoms with E-state index in [0.717, 1.165) is 22.9 Å². The van der Waals surface area contributed by atoms with Crippen molar-refractivity contribution in [2.24, 2.45) is 0 Å². The second-order valence-electron chi connectivity index (χ2n) is 4.51. The minimum Gasteiger partial charge on any atom is -0.349 e. The predicted octanol–water partition coefficient (Wildman–Crippen LogP) is 2.40. The van der Waals surface area contributed by atoms with Gasteiger partial charge in [-0.2, -0.15) is 0 Å². The van der Waals surface area contributed by atoms with Gasteiger partial charge in [0.25, 0.3) is 5.91 Å². The molecule has 0 aromatic heterocycles. The molecule has 1 amide bonds. The summed E-state index contributed by atoms with van der Waals surface area (Å²) < 4.78 is 12.2. The topological polar surface area (TPSA) is 46.2 Å². The van der Waals surface area contributed by atoms with Crippen LogP contribution >= 0.6 is 15.9 Å². The number of nitrogens with one attached hydrogen (secondary N) is 1. The number of hydrogen-bond donors (Lipinski definition) is 1. The van der Waals surface area contributed by atoms with E-state index < -0.39 is 10.8 Å². The summed E-state index contributed by atoms with van der Waals surface area (Å²) in [6.07, 6.45) is 1.62. The SMILES string of the molecule is Cc1c(Br)cccc1C(=O)NC1CCS(=O)CC1. The van der Waals surface area contributed by atoms with Gasteiger partial charge in [-0.05, 0) is 37.5 Å². The van der Waals surface area contributed by atoms with Crippen molar-refractivity contribution in [3.05, 3.63) is 33.8 Å². The first-order valence-corrected chi connectivity index (χ1v) is 8.27. The largest absolute Gasteiger partial charge is 0.349 e. The highest BCUT2D eigenvalue weighted by Gasteiger charge is 2.20. The van der Waals surface area contributed by atoms with Crippen LogP contribution in [0.2, 0.25) is 0 Å². The summed E-state index contributed by atoms with van der Waals surface area (Å²) >= 11 is 3.43. The molecule has 1 aliphatic heterocycles. The minimum absolute atomic E-state index is 0.0357. The van der Waals surface area contributed by atoms with E-state index in [-0.39, 0.29) is 11.9 Å². The molecule has 98 valence electrons. The zero-order chi connectivity index (χ0) is 13.1. The lowest BCUT2D eigenvalue weighted by molar-refractivity contribution is 0.0934. The van der Waals surface area contributed by atoms with Gasteiger partial charge in [-0.25, -0.2) is 0 Å². The zero-order valence-corrected chi connectivity index (χ0v) is 12.6. The van der Waals surface area contributed by atoms with Crippen molar-refractivity contribution in [2.45, 2.75) is 25.8 Å². The Morgan fingerprint density at radius 1 is 1.39 bits per heavy atom. The molecular formula is C13H16BrNO2S. The standard InChI is InChI=1S/C13H16BrNO2S/c1-9-11(3-2-4-12(9)14)13(16)15-10-5-7-18(17)8-6-10/h2-4,10H,5-8H2,1H3,(H,15,16). The van der Waals surface area contributed by atoms with Gasteiger partial charge in [-0.1, -0.05) is 22.0 Å². The summed E-state index contributed by atoms with van der Waals surface area (Å²) in [6.45, 7) is 1.93. The van der Waals surface area contributed by atoms with Crippen LogP contribution in [-0.4, -0.2) is 27.7 Å². The molecule has 0 aliphatic carbocycles. The van der Waals surface area contributed by atoms with E-state index in [2.05, 4.69) is 21.2 Å². The fourth-order valence-corrected chi connectivity index (χ4v) is 3.72. The van der Waals surface area contributed by atoms with Crippen LogP contribution in [0.4, 0.5) is 0 Å². The highest BCUT2D eigenvalue weighted by molar-refractivity contribution is 9.10. The Morgan fingerprint density at radius 3 is 2.72 bits per heavy atom. The molecule has 1 saturated heterocycles. The van der Waals surface area contributed by atoms with E-state index in [0.29, 0.717) is 17.1 Å². The maximum atomic E-state index is 12.2. The summed E-state index contributed by atoms with van der Waals surface area (Å²) in [4.78, 5) is 12.2. The Morgan fingerprint density at radius 2 is 2.06 bits per heavy atom. The van der Waals surface area contributed by atoms with E-state index in [1.807, 2.05) is 25.1 Å². The van der Waals surface area contributed by atoms with Crippen molar-refractivity contribution in [1.82, 2.24) is 5.32 Å². The Bertz CT molecular complexity index is 480. The quantitative estimate of drug-likeness (QED) is 0.905. The van der Waals surface area contributed by atoms with E-state index in [1.165, 1.54) is 0 Å². The molecular weight excluding hydrogens is 314 g/mol. The molecule has 2 rings (SSSR count). The lowest BCUT2D eigenvalue weighted by atomic mass is 10.1. The molecule has 0 unspecified atom stereocenters. The number of benzene rings is 1. The third-order valence-corrected chi connectivity index (χ3v) is 5.48. The van der Waals surface area contributed by atoms with Crippen LogP contribution < -0.4 is 5.32 Å². The molecule has 0 bridgehead atoms. The van der Waals surface area contributed by atoms with Crippen molar-refractivity contribution in [3.63, 3.8) is 0 Å². The van der Waals surface area contributed by atoms with Crippen molar-refractivity contribution in [2.75, 3.05) is 11.5 Å². The first kappa shape index (κ1) is 13.7. The van der Waals surface area contributed by atoms with E-state index in [4.69, 9.17) is 0 Å². The summed E-state index contributed by atoms with van der Waals surface area (Å²) in [6, 6.07) is 5.78. The van der Waals surface area contributed by atoms with Gasteiger partial charge in [0.2, 0.25) is 0 Å². The van der Waals surface area contributed by atoms with Crippen LogP contribution in [-0.2, 0) is 10.8 Å². The molecule has 1 aliphatic rings. The Balaban J connectivity index is 2.03. The van der Waals surface area contributed by atoms with Gasteiger partial charge < -0.3 is 5.32 Å². The van der Waals surface area contributed by atoms with Crippen molar-refractivity contribution in [3.8, 4) is 0 Å². The van der Waals surface area contributed by atoms with Gasteiger partial charge in [-0.15, -0.1) is 0 Å². The van der Waals surface area contributed by atoms with Gasteiger partial charge in [-0.3, -0.25) is 9.00 Å². The van der Waals surface area contributed by atoms with E-state index in [1.54, 1.807) is 0 Å². The fourth-order valence-electron chi connectivity index (χ4n) is 2.05. The van der Waals surface area contributed by atoms with E-state index >= 15 is 0 Å². The molecule has 3 nitrogen and oxygen atoms in total. The van der Waals surface area contributed by atoms with Gasteiger partial charge in [0, 0.05) is 38.4 Å². The molecule has 0 spiro atoms. The molecule has 1 fully saturated rings. The molecule has 0 radical (unpaired) electrons. The van der Waals surface area contributed by atoms with Gasteiger partial charge in [0.1, 0.15) is 0 Å². The average molecular weight is 330 g/mol. The van der Waals surface area contributed by atoms with Gasteiger partial charge >= 0.3 is 0 Å². The third-order valence-electron chi connectivity index (χ3n) is 3.24. The first-order chi connectivity index (χ1) is 8.58. The highest BCUT2D eigenvalue weighted by Crippen LogP contribution is 2.20. The number of amides is 1. The predicted molar refractivity (Wildman–Crippen MR) is 77.2 cm³/mol. The number of carbonyl (C=O) groups is 1. The van der Waals surface area contributed by atoms with Crippen LogP contribution in [0.5, 0.6) is 0 Å². The Labute approximate surface area is 118 Å². The normalized spacial score (nSPS) is 23.7. The Kier molecular flexibility index (Phi) is 4.56. The van der Waals surface area contributed by atoms with Crippen LogP contribution in [0.25, 0.3) is 0 Å². The number of carbonyl (C=O) groups excluding carboxylic acids is 1. The first-order valence-electron chi connectivity index (χ1n) is 5.99. The number of halogens is 1. The monoisotopic (exact) mass is 329 g/mol. The maximum absolute atomic E-state index is 12.2. The summed E-state index contributed by atoms with van der Waals surface area (Å²) in [5, 5.41) is 3.03. The smallest absolute Gasteiger partial charge is 0.251 e. The molecule has 5 heteroatoms. The Hall–Kier alpha value is -0.680. The molecule has 0 atom stereocenters. The number of hydrogen-bond acceptors (Lipinski definition) is 2. The molecule has 18 heavy (non-hydrogen) atoms. The van der Waals surface area contributed by atoms with Crippen LogP contribution in [0.3, 0.4) is 0 Å². The van der Waals surface area contributed by atoms with Crippen molar-refractivity contribution >= 4 is 32.6 Å². The molecule has 0 saturated carbocycles. The highest BCUT2D eigenvalue weighted by atomic mass is 79.9. The van der Waals surface area contributed by atoms with Gasteiger partial charge in [0.15, 0.2) is 0 Å². The molecule has 1 heterocycles. The van der Waals surface area contributed by atoms with Crippen LogP contribution in [0, 0.1) is 6.92 Å². The third kappa shape index (κ3) is 3.20. The summed E-state index contributed by atoms with van der Waals surface area (Å²) in [5.74, 6) is 1.36. The van der Waals surface area contributed by atoms with E-state index in [9.17, 15) is 9.00 Å². The molecule has 1 aromatic carbocycles. The number of rotatable bonds is 2. The van der Waals surface area contributed by atoms with Crippen LogP contribution in [0.15, 0.2) is 22.7 Å². The molecule has 1 N–H and O–H groups in total. The van der Waals surface area contributed by atoms with Gasteiger partial charge in [0.05, 0.1) is 0 Å². The zero-order valence-electron chi connectivity index (χ0n) is 10.2. The second-order valence-corrected chi connectivity index (χ2v) is 7.06. The minimum atomic E-state index is -0.687.